The Morgan fingerprint density at radius 1 is 1.07 bits per heavy atom. The molecule has 5 heteroatoms. The van der Waals surface area contributed by atoms with Crippen LogP contribution in [0, 0.1) is 17.3 Å². The predicted molar refractivity (Wildman–Crippen MR) is 108 cm³/mol. The number of aromatic hydroxyl groups is 2. The fourth-order valence-corrected chi connectivity index (χ4v) is 6.68. The molecule has 4 aliphatic carbocycles. The molecule has 0 bridgehead atoms. The molecule has 0 aromatic heterocycles. The lowest BCUT2D eigenvalue weighted by atomic mass is 9.54. The number of aliphatic hydroxyl groups excluding tert-OH is 1. The third-order valence-electron chi connectivity index (χ3n) is 8.15. The standard InChI is InChI=1S/C24H26O5/c1-24-9-8-14-13(18(24)5-7-21(24)28)3-4-15-22(14)17(11-20(27)23(15)29)16-10-12(25)2-6-19(16)26/h2,6,10-11,13-14,18,21,27-29H,3-5,7-9H2,1H3/t13-,14+,18+,21-,24+/m1/s1. The molecule has 1 aromatic carbocycles. The van der Waals surface area contributed by atoms with Crippen LogP contribution < -0.4 is 0 Å². The number of hydrogen-bond acceptors (Lipinski definition) is 5. The number of aliphatic hydroxyl groups is 1. The number of hydrogen-bond donors (Lipinski definition) is 3. The normalized spacial score (nSPS) is 35.7. The van der Waals surface area contributed by atoms with Crippen LogP contribution >= 0.6 is 0 Å². The van der Waals surface area contributed by atoms with E-state index in [0.717, 1.165) is 37.7 Å². The fraction of sp³-hybridized carbons (Fsp3) is 0.500. The molecule has 29 heavy (non-hydrogen) atoms. The van der Waals surface area contributed by atoms with Crippen molar-refractivity contribution < 1.29 is 24.9 Å². The molecule has 0 amide bonds. The highest BCUT2D eigenvalue weighted by atomic mass is 16.3. The average Bonchev–Trinajstić information content (AvgIpc) is 3.01. The summed E-state index contributed by atoms with van der Waals surface area (Å²) in [4.78, 5) is 24.5. The second kappa shape index (κ2) is 6.30. The summed E-state index contributed by atoms with van der Waals surface area (Å²) in [5, 5.41) is 31.5. The van der Waals surface area contributed by atoms with Gasteiger partial charge in [-0.15, -0.1) is 0 Å². The van der Waals surface area contributed by atoms with E-state index in [0.29, 0.717) is 35.0 Å². The van der Waals surface area contributed by atoms with E-state index in [9.17, 15) is 24.9 Å². The summed E-state index contributed by atoms with van der Waals surface area (Å²) < 4.78 is 0. The quantitative estimate of drug-likeness (QED) is 0.501. The number of allylic oxidation sites excluding steroid dienone is 4. The Kier molecular flexibility index (Phi) is 4.04. The van der Waals surface area contributed by atoms with E-state index in [1.807, 2.05) is 0 Å². The van der Waals surface area contributed by atoms with Crippen molar-refractivity contribution >= 4 is 17.1 Å². The van der Waals surface area contributed by atoms with Crippen molar-refractivity contribution in [1.82, 2.24) is 0 Å². The van der Waals surface area contributed by atoms with E-state index in [1.54, 1.807) is 0 Å². The van der Waals surface area contributed by atoms with Gasteiger partial charge in [-0.3, -0.25) is 9.59 Å². The first-order valence-electron chi connectivity index (χ1n) is 10.6. The number of carbonyl (C=O) groups excluding carboxylic acids is 2. The van der Waals surface area contributed by atoms with Crippen LogP contribution in [0.2, 0.25) is 0 Å². The molecule has 0 unspecified atom stereocenters. The van der Waals surface area contributed by atoms with E-state index in [4.69, 9.17) is 0 Å². The lowest BCUT2D eigenvalue weighted by molar-refractivity contribution is -0.113. The minimum atomic E-state index is -0.270. The Morgan fingerprint density at radius 2 is 1.86 bits per heavy atom. The molecule has 1 aromatic rings. The summed E-state index contributed by atoms with van der Waals surface area (Å²) >= 11 is 0. The second-order valence-electron chi connectivity index (χ2n) is 9.40. The third kappa shape index (κ3) is 2.56. The first-order valence-corrected chi connectivity index (χ1v) is 10.6. The highest BCUT2D eigenvalue weighted by Gasteiger charge is 2.55. The van der Waals surface area contributed by atoms with Crippen LogP contribution in [0.15, 0.2) is 24.3 Å². The molecule has 5 rings (SSSR count). The Labute approximate surface area is 169 Å². The molecule has 5 atom stereocenters. The van der Waals surface area contributed by atoms with Crippen molar-refractivity contribution in [3.8, 4) is 11.5 Å². The maximum absolute atomic E-state index is 12.6. The molecular formula is C24H26O5. The Bertz CT molecular complexity index is 987. The van der Waals surface area contributed by atoms with Crippen LogP contribution in [0.3, 0.4) is 0 Å². The largest absolute Gasteiger partial charge is 0.504 e. The summed E-state index contributed by atoms with van der Waals surface area (Å²) in [6.07, 6.45) is 8.70. The highest BCUT2D eigenvalue weighted by Crippen LogP contribution is 2.62. The lowest BCUT2D eigenvalue weighted by Gasteiger charge is -2.50. The summed E-state index contributed by atoms with van der Waals surface area (Å²) in [5.74, 6) is 0.0765. The van der Waals surface area contributed by atoms with Gasteiger partial charge in [0.25, 0.3) is 0 Å². The van der Waals surface area contributed by atoms with Crippen molar-refractivity contribution in [1.29, 1.82) is 0 Å². The number of phenolic OH excluding ortho intramolecular Hbond substituents is 2. The van der Waals surface area contributed by atoms with Crippen LogP contribution in [0.4, 0.5) is 0 Å². The number of rotatable bonds is 1. The first-order chi connectivity index (χ1) is 13.8. The minimum Gasteiger partial charge on any atom is -0.504 e. The molecule has 0 saturated heterocycles. The topological polar surface area (TPSA) is 94.8 Å². The fourth-order valence-electron chi connectivity index (χ4n) is 6.68. The van der Waals surface area contributed by atoms with E-state index in [-0.39, 0.29) is 40.5 Å². The molecule has 0 aliphatic heterocycles. The highest BCUT2D eigenvalue weighted by molar-refractivity contribution is 6.34. The van der Waals surface area contributed by atoms with Crippen LogP contribution in [0.1, 0.15) is 61.6 Å². The van der Waals surface area contributed by atoms with Crippen LogP contribution in [0.5, 0.6) is 11.5 Å². The number of benzene rings is 1. The van der Waals surface area contributed by atoms with Gasteiger partial charge in [-0.25, -0.2) is 0 Å². The van der Waals surface area contributed by atoms with Crippen LogP contribution in [-0.4, -0.2) is 33.0 Å². The molecule has 3 N–H and O–H groups in total. The van der Waals surface area contributed by atoms with Gasteiger partial charge in [-0.05, 0) is 97.1 Å². The second-order valence-corrected chi connectivity index (χ2v) is 9.40. The van der Waals surface area contributed by atoms with Crippen molar-refractivity contribution in [2.24, 2.45) is 17.3 Å². The summed E-state index contributed by atoms with van der Waals surface area (Å²) in [6.45, 7) is 2.20. The van der Waals surface area contributed by atoms with Gasteiger partial charge in [0.1, 0.15) is 0 Å². The zero-order chi connectivity index (χ0) is 20.5. The molecule has 0 spiro atoms. The average molecular weight is 394 g/mol. The molecule has 2 fully saturated rings. The van der Waals surface area contributed by atoms with E-state index in [1.165, 1.54) is 24.3 Å². The van der Waals surface area contributed by atoms with Crippen molar-refractivity contribution in [3.63, 3.8) is 0 Å². The molecular weight excluding hydrogens is 368 g/mol. The van der Waals surface area contributed by atoms with Gasteiger partial charge in [0, 0.05) is 11.1 Å². The zero-order valence-corrected chi connectivity index (χ0v) is 16.5. The summed E-state index contributed by atoms with van der Waals surface area (Å²) in [5.41, 5.74) is 2.43. The molecule has 0 radical (unpaired) electrons. The third-order valence-corrected chi connectivity index (χ3v) is 8.15. The molecule has 0 heterocycles. The van der Waals surface area contributed by atoms with E-state index in [2.05, 4.69) is 6.92 Å². The number of ketones is 2. The van der Waals surface area contributed by atoms with Gasteiger partial charge < -0.3 is 15.3 Å². The van der Waals surface area contributed by atoms with E-state index < -0.39 is 0 Å². The number of carbonyl (C=O) groups is 2. The molecule has 2 saturated carbocycles. The smallest absolute Gasteiger partial charge is 0.186 e. The predicted octanol–water partition coefficient (Wildman–Crippen LogP) is 3.41. The van der Waals surface area contributed by atoms with Crippen molar-refractivity contribution in [3.05, 3.63) is 41.0 Å². The first kappa shape index (κ1) is 18.6. The van der Waals surface area contributed by atoms with Crippen LogP contribution in [-0.2, 0) is 16.0 Å². The van der Waals surface area contributed by atoms with Crippen LogP contribution in [0.25, 0.3) is 5.57 Å². The van der Waals surface area contributed by atoms with Crippen molar-refractivity contribution in [2.45, 2.75) is 57.5 Å². The Morgan fingerprint density at radius 3 is 2.66 bits per heavy atom. The minimum absolute atomic E-state index is 0.0730. The van der Waals surface area contributed by atoms with Gasteiger partial charge in [0.05, 0.1) is 6.10 Å². The maximum Gasteiger partial charge on any atom is 0.186 e. The Balaban J connectivity index is 1.66. The van der Waals surface area contributed by atoms with Gasteiger partial charge in [0.2, 0.25) is 0 Å². The monoisotopic (exact) mass is 394 g/mol. The van der Waals surface area contributed by atoms with Gasteiger partial charge in [0.15, 0.2) is 23.1 Å². The number of fused-ring (bicyclic) bond motifs is 5. The Hall–Kier alpha value is -2.40. The summed E-state index contributed by atoms with van der Waals surface area (Å²) in [6, 6.07) is 1.45. The molecule has 152 valence electrons. The van der Waals surface area contributed by atoms with E-state index >= 15 is 0 Å². The lowest BCUT2D eigenvalue weighted by Crippen LogP contribution is -2.44. The SMILES string of the molecule is C[C@]12CC[C@@H]3c4c(C5=CC(=O)C=CC5=O)cc(O)c(O)c4CC[C@H]3[C@@H]1CC[C@H]2O. The van der Waals surface area contributed by atoms with Gasteiger partial charge >= 0.3 is 0 Å². The maximum atomic E-state index is 12.6. The van der Waals surface area contributed by atoms with Gasteiger partial charge in [-0.1, -0.05) is 6.92 Å². The zero-order valence-electron chi connectivity index (χ0n) is 16.5. The van der Waals surface area contributed by atoms with Crippen molar-refractivity contribution in [2.75, 3.05) is 0 Å². The summed E-state index contributed by atoms with van der Waals surface area (Å²) in [7, 11) is 0. The number of phenols is 2. The molecule has 5 nitrogen and oxygen atoms in total. The van der Waals surface area contributed by atoms with Gasteiger partial charge in [-0.2, -0.15) is 0 Å². The molecule has 4 aliphatic rings.